The largest absolute Gasteiger partial charge is 0.368 e. The van der Waals surface area contributed by atoms with Crippen molar-refractivity contribution in [2.75, 3.05) is 32.8 Å². The van der Waals surface area contributed by atoms with Crippen LogP contribution < -0.4 is 0 Å². The normalized spacial score (nSPS) is 19.5. The van der Waals surface area contributed by atoms with E-state index in [1.165, 1.54) is 0 Å². The summed E-state index contributed by atoms with van der Waals surface area (Å²) in [6, 6.07) is 10.2. The van der Waals surface area contributed by atoms with Gasteiger partial charge in [0.05, 0.1) is 12.5 Å². The van der Waals surface area contributed by atoms with Gasteiger partial charge < -0.3 is 19.1 Å². The number of benzene rings is 1. The van der Waals surface area contributed by atoms with Crippen molar-refractivity contribution in [2.45, 2.75) is 31.9 Å². The summed E-state index contributed by atoms with van der Waals surface area (Å²) in [5, 5.41) is 9.94. The Bertz CT molecular complexity index is 990. The molecule has 2 aromatic rings. The van der Waals surface area contributed by atoms with Gasteiger partial charge in [0, 0.05) is 68.1 Å². The molecule has 1 unspecified atom stereocenters. The number of nitrogens with zero attached hydrogens (tertiary/aromatic N) is 4. The number of amides is 2. The molecule has 0 aliphatic carbocycles. The van der Waals surface area contributed by atoms with Crippen LogP contribution in [0.5, 0.6) is 0 Å². The number of piperazine rings is 1. The van der Waals surface area contributed by atoms with Gasteiger partial charge in [0.25, 0.3) is 5.91 Å². The average molecular weight is 406 g/mol. The summed E-state index contributed by atoms with van der Waals surface area (Å²) >= 11 is 0. The molecule has 2 amide bonds. The van der Waals surface area contributed by atoms with Crippen LogP contribution in [-0.4, -0.2) is 65.1 Å². The fourth-order valence-corrected chi connectivity index (χ4v) is 4.15. The van der Waals surface area contributed by atoms with Crippen molar-refractivity contribution in [3.8, 4) is 6.07 Å². The number of aryl methyl sites for hydroxylation is 1. The number of aromatic nitrogens is 1. The zero-order chi connectivity index (χ0) is 20.9. The second-order valence-electron chi connectivity index (χ2n) is 7.69. The molecule has 0 N–H and O–H groups in total. The molecule has 2 aliphatic rings. The molecule has 0 saturated carbocycles. The first-order valence-electron chi connectivity index (χ1n) is 10.5. The predicted molar refractivity (Wildman–Crippen MR) is 113 cm³/mol. The highest BCUT2D eigenvalue weighted by molar-refractivity contribution is 5.96. The van der Waals surface area contributed by atoms with E-state index in [1.54, 1.807) is 11.0 Å². The number of hydrogen-bond donors (Lipinski definition) is 0. The molecular formula is C23H26N4O3. The van der Waals surface area contributed by atoms with E-state index in [-0.39, 0.29) is 17.9 Å². The van der Waals surface area contributed by atoms with Crippen LogP contribution in [0.3, 0.4) is 0 Å². The second kappa shape index (κ2) is 9.14. The lowest BCUT2D eigenvalue weighted by Crippen LogP contribution is -2.52. The first-order chi connectivity index (χ1) is 14.7. The summed E-state index contributed by atoms with van der Waals surface area (Å²) in [7, 11) is 0. The smallest absolute Gasteiger partial charge is 0.251 e. The van der Waals surface area contributed by atoms with Crippen LogP contribution in [-0.2, 0) is 20.9 Å². The molecule has 30 heavy (non-hydrogen) atoms. The summed E-state index contributed by atoms with van der Waals surface area (Å²) in [5.41, 5.74) is 2.02. The first-order valence-corrected chi connectivity index (χ1v) is 10.5. The highest BCUT2D eigenvalue weighted by Gasteiger charge is 2.30. The van der Waals surface area contributed by atoms with E-state index < -0.39 is 0 Å². The monoisotopic (exact) mass is 406 g/mol. The van der Waals surface area contributed by atoms with Crippen molar-refractivity contribution in [3.63, 3.8) is 0 Å². The number of nitriles is 1. The minimum atomic E-state index is -0.300. The lowest BCUT2D eigenvalue weighted by molar-refractivity contribution is -0.144. The standard InChI is InChI=1S/C23H26N4O3/c24-10-4-11-27-17-18(19-5-1-2-6-20(19)27)8-9-22(28)25-12-14-26(15-13-25)23(29)21-7-3-16-30-21/h1-2,5-6,8-9,17,21H,3-4,7,11-16H2. The van der Waals surface area contributed by atoms with Crippen molar-refractivity contribution in [2.24, 2.45) is 0 Å². The van der Waals surface area contributed by atoms with Gasteiger partial charge >= 0.3 is 0 Å². The second-order valence-corrected chi connectivity index (χ2v) is 7.69. The predicted octanol–water partition coefficient (Wildman–Crippen LogP) is 2.42. The number of hydrogen-bond acceptors (Lipinski definition) is 4. The number of ether oxygens (including phenoxy) is 1. The third-order valence-electron chi connectivity index (χ3n) is 5.80. The number of fused-ring (bicyclic) bond motifs is 1. The van der Waals surface area contributed by atoms with Crippen LogP contribution in [0, 0.1) is 11.3 Å². The van der Waals surface area contributed by atoms with Crippen LogP contribution in [0.4, 0.5) is 0 Å². The van der Waals surface area contributed by atoms with Crippen LogP contribution in [0.1, 0.15) is 24.8 Å². The van der Waals surface area contributed by atoms with Crippen LogP contribution in [0.25, 0.3) is 17.0 Å². The summed E-state index contributed by atoms with van der Waals surface area (Å²) in [5.74, 6) is 0.00777. The number of carbonyl (C=O) groups excluding carboxylic acids is 2. The minimum Gasteiger partial charge on any atom is -0.368 e. The van der Waals surface area contributed by atoms with Crippen molar-refractivity contribution >= 4 is 28.8 Å². The Hall–Kier alpha value is -3.11. The SMILES string of the molecule is N#CCCn1cc(C=CC(=O)N2CCN(C(=O)C3CCCO3)CC2)c2ccccc21. The number of carbonyl (C=O) groups is 2. The van der Waals surface area contributed by atoms with Gasteiger partial charge in [0.15, 0.2) is 0 Å². The fourth-order valence-electron chi connectivity index (χ4n) is 4.15. The Kier molecular flexibility index (Phi) is 6.15. The molecule has 2 fully saturated rings. The van der Waals surface area contributed by atoms with E-state index in [2.05, 4.69) is 10.6 Å². The molecule has 0 radical (unpaired) electrons. The average Bonchev–Trinajstić information content (AvgIpc) is 3.44. The summed E-state index contributed by atoms with van der Waals surface area (Å²) < 4.78 is 7.54. The minimum absolute atomic E-state index is 0.0481. The number of rotatable bonds is 5. The summed E-state index contributed by atoms with van der Waals surface area (Å²) in [6.07, 6.45) is 7.31. The highest BCUT2D eigenvalue weighted by Crippen LogP contribution is 2.23. The van der Waals surface area contributed by atoms with E-state index in [0.717, 1.165) is 29.3 Å². The van der Waals surface area contributed by atoms with Gasteiger partial charge in [0.2, 0.25) is 5.91 Å². The van der Waals surface area contributed by atoms with Crippen molar-refractivity contribution in [3.05, 3.63) is 42.1 Å². The highest BCUT2D eigenvalue weighted by atomic mass is 16.5. The van der Waals surface area contributed by atoms with Gasteiger partial charge in [0.1, 0.15) is 6.10 Å². The Morgan fingerprint density at radius 3 is 2.67 bits per heavy atom. The van der Waals surface area contributed by atoms with E-state index >= 15 is 0 Å². The molecule has 2 aliphatic heterocycles. The zero-order valence-corrected chi connectivity index (χ0v) is 17.0. The van der Waals surface area contributed by atoms with Crippen LogP contribution >= 0.6 is 0 Å². The van der Waals surface area contributed by atoms with Crippen molar-refractivity contribution in [1.29, 1.82) is 5.26 Å². The molecule has 3 heterocycles. The summed E-state index contributed by atoms with van der Waals surface area (Å²) in [4.78, 5) is 28.7. The van der Waals surface area contributed by atoms with Gasteiger partial charge in [-0.25, -0.2) is 0 Å². The maximum atomic E-state index is 12.7. The Labute approximate surface area is 176 Å². The molecule has 2 saturated heterocycles. The summed E-state index contributed by atoms with van der Waals surface area (Å²) in [6.45, 7) is 3.45. The molecular weight excluding hydrogens is 380 g/mol. The van der Waals surface area contributed by atoms with Gasteiger partial charge in [-0.3, -0.25) is 9.59 Å². The molecule has 0 spiro atoms. The molecule has 156 valence electrons. The van der Waals surface area contributed by atoms with Gasteiger partial charge in [-0.1, -0.05) is 18.2 Å². The molecule has 1 atom stereocenters. The molecule has 0 bridgehead atoms. The third kappa shape index (κ3) is 4.24. The molecule has 7 nitrogen and oxygen atoms in total. The molecule has 1 aromatic heterocycles. The molecule has 1 aromatic carbocycles. The van der Waals surface area contributed by atoms with E-state index in [1.807, 2.05) is 41.4 Å². The van der Waals surface area contributed by atoms with E-state index in [0.29, 0.717) is 45.8 Å². The quantitative estimate of drug-likeness (QED) is 0.715. The van der Waals surface area contributed by atoms with Gasteiger partial charge in [-0.05, 0) is 25.0 Å². The maximum Gasteiger partial charge on any atom is 0.251 e. The fraction of sp³-hybridized carbons (Fsp3) is 0.435. The topological polar surface area (TPSA) is 78.6 Å². The van der Waals surface area contributed by atoms with E-state index in [4.69, 9.17) is 10.00 Å². The maximum absolute atomic E-state index is 12.7. The molecule has 4 rings (SSSR count). The molecule has 7 heteroatoms. The van der Waals surface area contributed by atoms with Crippen molar-refractivity contribution in [1.82, 2.24) is 14.4 Å². The van der Waals surface area contributed by atoms with Crippen LogP contribution in [0.15, 0.2) is 36.5 Å². The zero-order valence-electron chi connectivity index (χ0n) is 17.0. The Morgan fingerprint density at radius 2 is 1.93 bits per heavy atom. The first kappa shape index (κ1) is 20.2. The van der Waals surface area contributed by atoms with Gasteiger partial charge in [-0.15, -0.1) is 0 Å². The Morgan fingerprint density at radius 1 is 1.17 bits per heavy atom. The third-order valence-corrected chi connectivity index (χ3v) is 5.80. The Balaban J connectivity index is 1.39. The lowest BCUT2D eigenvalue weighted by atomic mass is 10.1. The van der Waals surface area contributed by atoms with Crippen LogP contribution in [0.2, 0.25) is 0 Å². The number of para-hydroxylation sites is 1. The van der Waals surface area contributed by atoms with Gasteiger partial charge in [-0.2, -0.15) is 5.26 Å². The lowest BCUT2D eigenvalue weighted by Gasteiger charge is -2.35. The van der Waals surface area contributed by atoms with E-state index in [9.17, 15) is 9.59 Å². The van der Waals surface area contributed by atoms with Crippen molar-refractivity contribution < 1.29 is 14.3 Å².